The van der Waals surface area contributed by atoms with Gasteiger partial charge in [-0.15, -0.1) is 0 Å². The van der Waals surface area contributed by atoms with Crippen LogP contribution < -0.4 is 5.32 Å². The Morgan fingerprint density at radius 1 is 1.16 bits per heavy atom. The van der Waals surface area contributed by atoms with E-state index in [4.69, 9.17) is 16.3 Å². The van der Waals surface area contributed by atoms with Crippen LogP contribution in [0.4, 0.5) is 0 Å². The maximum absolute atomic E-state index is 6.24. The average molecular weight is 280 g/mol. The van der Waals surface area contributed by atoms with E-state index in [1.54, 1.807) is 0 Å². The number of ether oxygens (including phenoxy) is 1. The summed E-state index contributed by atoms with van der Waals surface area (Å²) in [5.41, 5.74) is 1.32. The van der Waals surface area contributed by atoms with Gasteiger partial charge in [0.2, 0.25) is 0 Å². The molecule has 104 valence electrons. The van der Waals surface area contributed by atoms with Gasteiger partial charge >= 0.3 is 0 Å². The number of rotatable bonds is 5. The molecule has 0 heterocycles. The van der Waals surface area contributed by atoms with E-state index in [0.717, 1.165) is 11.6 Å². The van der Waals surface area contributed by atoms with Crippen LogP contribution in [0, 0.1) is 0 Å². The van der Waals surface area contributed by atoms with Crippen LogP contribution in [0.1, 0.15) is 44.1 Å². The van der Waals surface area contributed by atoms with Crippen molar-refractivity contribution in [1.82, 2.24) is 5.32 Å². The predicted octanol–water partition coefficient (Wildman–Crippen LogP) is 3.74. The minimum absolute atomic E-state index is 0.502. The Hall–Kier alpha value is -0.570. The van der Waals surface area contributed by atoms with Crippen LogP contribution in [-0.2, 0) is 4.74 Å². The molecule has 0 aliphatic heterocycles. The van der Waals surface area contributed by atoms with Crippen molar-refractivity contribution in [2.24, 2.45) is 0 Å². The van der Waals surface area contributed by atoms with E-state index in [0.29, 0.717) is 24.1 Å². The molecule has 1 aromatic carbocycles. The summed E-state index contributed by atoms with van der Waals surface area (Å²) in [4.78, 5) is 0. The van der Waals surface area contributed by atoms with E-state index in [1.165, 1.54) is 31.2 Å². The largest absolute Gasteiger partial charge is 0.378 e. The lowest BCUT2D eigenvalue weighted by atomic mass is 9.74. The van der Waals surface area contributed by atoms with Gasteiger partial charge in [-0.1, -0.05) is 29.8 Å². The number of hydrogen-bond acceptors (Lipinski definition) is 2. The maximum Gasteiger partial charge on any atom is 0.0604 e. The molecule has 0 radical (unpaired) electrons. The third-order valence-electron chi connectivity index (χ3n) is 4.45. The number of halogens is 1. The van der Waals surface area contributed by atoms with Crippen molar-refractivity contribution in [2.45, 2.75) is 56.7 Å². The first-order valence-electron chi connectivity index (χ1n) is 7.38. The van der Waals surface area contributed by atoms with Gasteiger partial charge < -0.3 is 10.1 Å². The summed E-state index contributed by atoms with van der Waals surface area (Å²) >= 11 is 6.24. The van der Waals surface area contributed by atoms with Crippen LogP contribution in [0.5, 0.6) is 0 Å². The summed E-state index contributed by atoms with van der Waals surface area (Å²) in [6.45, 7) is 2.91. The van der Waals surface area contributed by atoms with Crippen molar-refractivity contribution in [3.63, 3.8) is 0 Å². The first kappa shape index (κ1) is 13.4. The summed E-state index contributed by atoms with van der Waals surface area (Å²) in [5, 5.41) is 4.66. The Morgan fingerprint density at radius 3 is 2.53 bits per heavy atom. The Bertz CT molecular complexity index is 425. The van der Waals surface area contributed by atoms with Crippen LogP contribution in [0.15, 0.2) is 24.3 Å². The molecule has 0 saturated heterocycles. The second kappa shape index (κ2) is 5.82. The quantitative estimate of drug-likeness (QED) is 0.886. The van der Waals surface area contributed by atoms with Gasteiger partial charge in [0.25, 0.3) is 0 Å². The lowest BCUT2D eigenvalue weighted by Gasteiger charge is -2.43. The monoisotopic (exact) mass is 279 g/mol. The molecule has 0 aromatic heterocycles. The fourth-order valence-corrected chi connectivity index (χ4v) is 3.51. The SMILES string of the molecule is CCOC1CC(NC2CC(c3ccccc3Cl)C2)C1. The van der Waals surface area contributed by atoms with E-state index in [9.17, 15) is 0 Å². The molecule has 2 nitrogen and oxygen atoms in total. The zero-order chi connectivity index (χ0) is 13.2. The third-order valence-corrected chi connectivity index (χ3v) is 4.80. The van der Waals surface area contributed by atoms with Gasteiger partial charge in [-0.2, -0.15) is 0 Å². The molecule has 1 N–H and O–H groups in total. The van der Waals surface area contributed by atoms with E-state index >= 15 is 0 Å². The van der Waals surface area contributed by atoms with Gasteiger partial charge in [0.15, 0.2) is 0 Å². The Balaban J connectivity index is 1.41. The summed E-state index contributed by atoms with van der Waals surface area (Å²) in [6.07, 6.45) is 5.31. The molecule has 2 aliphatic rings. The highest BCUT2D eigenvalue weighted by Crippen LogP contribution is 2.40. The average Bonchev–Trinajstić information content (AvgIpc) is 2.31. The van der Waals surface area contributed by atoms with E-state index < -0.39 is 0 Å². The summed E-state index contributed by atoms with van der Waals surface area (Å²) < 4.78 is 5.59. The smallest absolute Gasteiger partial charge is 0.0604 e. The molecule has 3 heteroatoms. The van der Waals surface area contributed by atoms with E-state index in [-0.39, 0.29) is 0 Å². The molecule has 2 saturated carbocycles. The molecule has 2 fully saturated rings. The fraction of sp³-hybridized carbons (Fsp3) is 0.625. The van der Waals surface area contributed by atoms with Gasteiger partial charge in [0.1, 0.15) is 0 Å². The van der Waals surface area contributed by atoms with Crippen molar-refractivity contribution < 1.29 is 4.74 Å². The second-order valence-electron chi connectivity index (χ2n) is 5.80. The topological polar surface area (TPSA) is 21.3 Å². The highest BCUT2D eigenvalue weighted by Gasteiger charge is 2.36. The molecular weight excluding hydrogens is 258 g/mol. The Morgan fingerprint density at radius 2 is 1.84 bits per heavy atom. The summed E-state index contributed by atoms with van der Waals surface area (Å²) in [7, 11) is 0. The Kier molecular flexibility index (Phi) is 4.11. The van der Waals surface area contributed by atoms with Gasteiger partial charge in [0, 0.05) is 23.7 Å². The number of hydrogen-bond donors (Lipinski definition) is 1. The number of benzene rings is 1. The van der Waals surface area contributed by atoms with Crippen LogP contribution in [-0.4, -0.2) is 24.8 Å². The fourth-order valence-electron chi connectivity index (χ4n) is 3.22. The molecule has 2 aliphatic carbocycles. The van der Waals surface area contributed by atoms with Gasteiger partial charge in [-0.3, -0.25) is 0 Å². The molecule has 3 rings (SSSR count). The van der Waals surface area contributed by atoms with E-state index in [2.05, 4.69) is 24.4 Å². The first-order chi connectivity index (χ1) is 9.26. The summed E-state index contributed by atoms with van der Waals surface area (Å²) in [5.74, 6) is 0.647. The zero-order valence-electron chi connectivity index (χ0n) is 11.4. The third kappa shape index (κ3) is 2.96. The molecule has 0 spiro atoms. The van der Waals surface area contributed by atoms with Gasteiger partial charge in [0.05, 0.1) is 6.10 Å². The molecular formula is C16H22ClNO. The molecule has 0 unspecified atom stereocenters. The maximum atomic E-state index is 6.24. The molecule has 0 atom stereocenters. The lowest BCUT2D eigenvalue weighted by molar-refractivity contribution is -0.0154. The van der Waals surface area contributed by atoms with Gasteiger partial charge in [-0.05, 0) is 50.2 Å². The predicted molar refractivity (Wildman–Crippen MR) is 78.8 cm³/mol. The van der Waals surface area contributed by atoms with Crippen LogP contribution in [0.2, 0.25) is 5.02 Å². The minimum Gasteiger partial charge on any atom is -0.378 e. The highest BCUT2D eigenvalue weighted by atomic mass is 35.5. The first-order valence-corrected chi connectivity index (χ1v) is 7.76. The van der Waals surface area contributed by atoms with Gasteiger partial charge in [-0.25, -0.2) is 0 Å². The Labute approximate surface area is 120 Å². The lowest BCUT2D eigenvalue weighted by Crippen LogP contribution is -2.52. The molecule has 1 aromatic rings. The van der Waals surface area contributed by atoms with Crippen LogP contribution >= 0.6 is 11.6 Å². The van der Waals surface area contributed by atoms with Crippen molar-refractivity contribution in [1.29, 1.82) is 0 Å². The van der Waals surface area contributed by atoms with Crippen LogP contribution in [0.3, 0.4) is 0 Å². The van der Waals surface area contributed by atoms with Crippen molar-refractivity contribution >= 4 is 11.6 Å². The summed E-state index contributed by atoms with van der Waals surface area (Å²) in [6, 6.07) is 9.60. The van der Waals surface area contributed by atoms with E-state index in [1.807, 2.05) is 12.1 Å². The van der Waals surface area contributed by atoms with Crippen molar-refractivity contribution in [3.05, 3.63) is 34.9 Å². The standard InChI is InChI=1S/C16H22ClNO/c1-2-19-14-9-13(10-14)18-12-7-11(8-12)15-5-3-4-6-16(15)17/h3-6,11-14,18H,2,7-10H2,1H3. The van der Waals surface area contributed by atoms with Crippen LogP contribution in [0.25, 0.3) is 0 Å². The molecule has 0 amide bonds. The molecule has 0 bridgehead atoms. The highest BCUT2D eigenvalue weighted by molar-refractivity contribution is 6.31. The second-order valence-corrected chi connectivity index (χ2v) is 6.21. The normalized spacial score (nSPS) is 33.6. The molecule has 19 heavy (non-hydrogen) atoms. The zero-order valence-corrected chi connectivity index (χ0v) is 12.2. The minimum atomic E-state index is 0.502. The van der Waals surface area contributed by atoms with Crippen molar-refractivity contribution in [2.75, 3.05) is 6.61 Å². The van der Waals surface area contributed by atoms with Crippen molar-refractivity contribution in [3.8, 4) is 0 Å². The number of nitrogens with one attached hydrogen (secondary N) is 1.